The topological polar surface area (TPSA) is 68.2 Å². The molecule has 0 bridgehead atoms. The first-order valence-corrected chi connectivity index (χ1v) is 8.86. The van der Waals surface area contributed by atoms with Gasteiger partial charge in [0.2, 0.25) is 0 Å². The van der Waals surface area contributed by atoms with Crippen LogP contribution in [0.25, 0.3) is 0 Å². The zero-order valence-electron chi connectivity index (χ0n) is 14.8. The molecule has 2 N–H and O–H groups in total. The van der Waals surface area contributed by atoms with E-state index in [1.54, 1.807) is 6.20 Å². The fourth-order valence-electron chi connectivity index (χ4n) is 3.08. The Hall–Kier alpha value is -2.34. The van der Waals surface area contributed by atoms with Crippen LogP contribution in [0, 0.1) is 5.92 Å². The molecule has 1 aromatic carbocycles. The van der Waals surface area contributed by atoms with Crippen LogP contribution >= 0.6 is 0 Å². The maximum absolute atomic E-state index is 12.3. The van der Waals surface area contributed by atoms with E-state index in [1.807, 2.05) is 29.1 Å². The fraction of sp³-hybridized carbons (Fsp3) is 0.474. The smallest absolute Gasteiger partial charge is 0.319 e. The maximum Gasteiger partial charge on any atom is 0.319 e. The number of ether oxygens (including phenoxy) is 1. The summed E-state index contributed by atoms with van der Waals surface area (Å²) in [5.74, 6) is 0.513. The number of carbonyl (C=O) groups is 1. The second-order valence-corrected chi connectivity index (χ2v) is 6.93. The monoisotopic (exact) mass is 342 g/mol. The van der Waals surface area contributed by atoms with Gasteiger partial charge in [0, 0.05) is 25.4 Å². The number of amides is 2. The van der Waals surface area contributed by atoms with Crippen LogP contribution in [0.2, 0.25) is 0 Å². The second kappa shape index (κ2) is 8.16. The number of nitrogens with one attached hydrogen (secondary N) is 2. The molecule has 1 aromatic heterocycles. The Morgan fingerprint density at radius 3 is 2.92 bits per heavy atom. The number of carbonyl (C=O) groups excluding carboxylic acids is 1. The number of hydrogen-bond donors (Lipinski definition) is 2. The highest BCUT2D eigenvalue weighted by molar-refractivity contribution is 5.89. The molecule has 6 heteroatoms. The van der Waals surface area contributed by atoms with E-state index in [0.717, 1.165) is 24.9 Å². The molecule has 2 atom stereocenters. The van der Waals surface area contributed by atoms with Crippen LogP contribution in [0.3, 0.4) is 0 Å². The molecule has 0 spiro atoms. The van der Waals surface area contributed by atoms with Crippen molar-refractivity contribution in [1.82, 2.24) is 15.1 Å². The zero-order chi connectivity index (χ0) is 17.6. The van der Waals surface area contributed by atoms with Crippen molar-refractivity contribution >= 4 is 11.7 Å². The van der Waals surface area contributed by atoms with Crippen molar-refractivity contribution in [3.8, 4) is 0 Å². The maximum atomic E-state index is 12.3. The highest BCUT2D eigenvalue weighted by atomic mass is 16.5. The first-order chi connectivity index (χ1) is 12.1. The molecule has 1 saturated heterocycles. The van der Waals surface area contributed by atoms with Gasteiger partial charge in [0.05, 0.1) is 18.0 Å². The molecule has 0 unspecified atom stereocenters. The first kappa shape index (κ1) is 17.5. The number of urea groups is 1. The van der Waals surface area contributed by atoms with Gasteiger partial charge in [0.15, 0.2) is 0 Å². The van der Waals surface area contributed by atoms with E-state index in [-0.39, 0.29) is 18.2 Å². The molecule has 0 aliphatic carbocycles. The minimum absolute atomic E-state index is 0.0361. The lowest BCUT2D eigenvalue weighted by molar-refractivity contribution is 0.00254. The van der Waals surface area contributed by atoms with E-state index in [9.17, 15) is 4.79 Å². The van der Waals surface area contributed by atoms with Crippen molar-refractivity contribution in [2.24, 2.45) is 5.92 Å². The average Bonchev–Trinajstić information content (AvgIpc) is 3.02. The van der Waals surface area contributed by atoms with Crippen LogP contribution in [-0.2, 0) is 11.3 Å². The first-order valence-electron chi connectivity index (χ1n) is 8.86. The Labute approximate surface area is 148 Å². The summed E-state index contributed by atoms with van der Waals surface area (Å²) in [6.45, 7) is 5.75. The normalized spacial score (nSPS) is 20.4. The molecule has 25 heavy (non-hydrogen) atoms. The van der Waals surface area contributed by atoms with E-state index in [2.05, 4.69) is 41.7 Å². The highest BCUT2D eigenvalue weighted by Gasteiger charge is 2.25. The number of nitrogens with zero attached hydrogens (tertiary/aromatic N) is 2. The van der Waals surface area contributed by atoms with Gasteiger partial charge in [0.1, 0.15) is 0 Å². The standard InChI is InChI=1S/C19H26N4O2/c1-14(2)12-23-13-17(11-20-23)22-19(24)21-16-8-9-25-18(10-16)15-6-4-3-5-7-15/h3-7,11,13-14,16,18H,8-10,12H2,1-2H3,(H2,21,22,24)/t16-,18+/m1/s1. The van der Waals surface area contributed by atoms with Gasteiger partial charge in [-0.15, -0.1) is 0 Å². The van der Waals surface area contributed by atoms with E-state index in [4.69, 9.17) is 4.74 Å². The van der Waals surface area contributed by atoms with Gasteiger partial charge in [-0.3, -0.25) is 4.68 Å². The molecule has 2 heterocycles. The third kappa shape index (κ3) is 5.06. The lowest BCUT2D eigenvalue weighted by Crippen LogP contribution is -2.41. The predicted molar refractivity (Wildman–Crippen MR) is 97.4 cm³/mol. The van der Waals surface area contributed by atoms with E-state index in [1.165, 1.54) is 0 Å². The van der Waals surface area contributed by atoms with Gasteiger partial charge < -0.3 is 15.4 Å². The van der Waals surface area contributed by atoms with E-state index < -0.39 is 0 Å². The summed E-state index contributed by atoms with van der Waals surface area (Å²) >= 11 is 0. The molecule has 134 valence electrons. The number of hydrogen-bond acceptors (Lipinski definition) is 3. The summed E-state index contributed by atoms with van der Waals surface area (Å²) in [5, 5.41) is 10.2. The van der Waals surface area contributed by atoms with Gasteiger partial charge in [0.25, 0.3) is 0 Å². The molecule has 1 fully saturated rings. The number of rotatable bonds is 5. The zero-order valence-corrected chi connectivity index (χ0v) is 14.8. The summed E-state index contributed by atoms with van der Waals surface area (Å²) in [6.07, 6.45) is 5.18. The Morgan fingerprint density at radius 2 is 2.16 bits per heavy atom. The molecule has 0 radical (unpaired) electrons. The van der Waals surface area contributed by atoms with E-state index in [0.29, 0.717) is 18.2 Å². The molecule has 6 nitrogen and oxygen atoms in total. The highest BCUT2D eigenvalue weighted by Crippen LogP contribution is 2.27. The summed E-state index contributed by atoms with van der Waals surface area (Å²) in [6, 6.07) is 10.1. The molecular weight excluding hydrogens is 316 g/mol. The Morgan fingerprint density at radius 1 is 1.36 bits per heavy atom. The summed E-state index contributed by atoms with van der Waals surface area (Å²) in [5.41, 5.74) is 1.87. The SMILES string of the molecule is CC(C)Cn1cc(NC(=O)N[C@@H]2CCO[C@H](c3ccccc3)C2)cn1. The molecule has 1 aliphatic heterocycles. The molecule has 0 saturated carbocycles. The van der Waals surface area contributed by atoms with Crippen molar-refractivity contribution in [3.05, 3.63) is 48.3 Å². The van der Waals surface area contributed by atoms with Crippen molar-refractivity contribution in [2.75, 3.05) is 11.9 Å². The van der Waals surface area contributed by atoms with Gasteiger partial charge >= 0.3 is 6.03 Å². The molecule has 2 aromatic rings. The van der Waals surface area contributed by atoms with Crippen LogP contribution in [0.4, 0.5) is 10.5 Å². The van der Waals surface area contributed by atoms with Gasteiger partial charge in [-0.25, -0.2) is 4.79 Å². The Kier molecular flexibility index (Phi) is 5.71. The van der Waals surface area contributed by atoms with Crippen LogP contribution < -0.4 is 10.6 Å². The van der Waals surface area contributed by atoms with Gasteiger partial charge in [-0.05, 0) is 24.3 Å². The van der Waals surface area contributed by atoms with Crippen LogP contribution in [0.1, 0.15) is 38.4 Å². The van der Waals surface area contributed by atoms with Crippen molar-refractivity contribution in [1.29, 1.82) is 0 Å². The quantitative estimate of drug-likeness (QED) is 0.873. The molecule has 2 amide bonds. The fourth-order valence-corrected chi connectivity index (χ4v) is 3.08. The third-order valence-electron chi connectivity index (χ3n) is 4.23. The second-order valence-electron chi connectivity index (χ2n) is 6.93. The van der Waals surface area contributed by atoms with Crippen LogP contribution in [-0.4, -0.2) is 28.5 Å². The van der Waals surface area contributed by atoms with Crippen LogP contribution in [0.5, 0.6) is 0 Å². The van der Waals surface area contributed by atoms with E-state index >= 15 is 0 Å². The Balaban J connectivity index is 1.51. The summed E-state index contributed by atoms with van der Waals surface area (Å²) in [4.78, 5) is 12.3. The summed E-state index contributed by atoms with van der Waals surface area (Å²) in [7, 11) is 0. The van der Waals surface area contributed by atoms with Crippen molar-refractivity contribution < 1.29 is 9.53 Å². The molecule has 1 aliphatic rings. The molecular formula is C19H26N4O2. The van der Waals surface area contributed by atoms with Crippen LogP contribution in [0.15, 0.2) is 42.7 Å². The lowest BCUT2D eigenvalue weighted by atomic mass is 9.97. The minimum atomic E-state index is -0.192. The lowest BCUT2D eigenvalue weighted by Gasteiger charge is -2.30. The summed E-state index contributed by atoms with van der Waals surface area (Å²) < 4.78 is 7.70. The average molecular weight is 342 g/mol. The largest absolute Gasteiger partial charge is 0.373 e. The van der Waals surface area contributed by atoms with Crippen molar-refractivity contribution in [2.45, 2.75) is 45.4 Å². The number of anilines is 1. The Bertz CT molecular complexity index is 684. The number of benzene rings is 1. The third-order valence-corrected chi connectivity index (χ3v) is 4.23. The predicted octanol–water partition coefficient (Wildman–Crippen LogP) is 3.58. The number of aromatic nitrogens is 2. The minimum Gasteiger partial charge on any atom is -0.373 e. The van der Waals surface area contributed by atoms with Gasteiger partial charge in [-0.1, -0.05) is 44.2 Å². The van der Waals surface area contributed by atoms with Crippen molar-refractivity contribution in [3.63, 3.8) is 0 Å². The molecule has 3 rings (SSSR count). The van der Waals surface area contributed by atoms with Gasteiger partial charge in [-0.2, -0.15) is 5.10 Å².